The van der Waals surface area contributed by atoms with Crippen LogP contribution < -0.4 is 10.6 Å². The lowest BCUT2D eigenvalue weighted by molar-refractivity contribution is -0.143. The lowest BCUT2D eigenvalue weighted by Crippen LogP contribution is -2.57. The highest BCUT2D eigenvalue weighted by atomic mass is 16.2. The molecule has 2 heterocycles. The van der Waals surface area contributed by atoms with Crippen LogP contribution in [0.5, 0.6) is 0 Å². The Morgan fingerprint density at radius 2 is 1.93 bits per heavy atom. The molecular formula is C9H15N3O2. The molecule has 2 N–H and O–H groups in total. The number of hydrogen-bond donors (Lipinski definition) is 2. The standard InChI is InChI=1S/C9H15N3O2/c13-8-6-12(9(14)5-11-8)7-1-3-10-4-2-7/h7,10H,1-6H2,(H,11,13). The quantitative estimate of drug-likeness (QED) is 0.549. The van der Waals surface area contributed by atoms with Crippen molar-refractivity contribution in [2.45, 2.75) is 18.9 Å². The summed E-state index contributed by atoms with van der Waals surface area (Å²) in [6.07, 6.45) is 1.91. The molecular weight excluding hydrogens is 182 g/mol. The van der Waals surface area contributed by atoms with Crippen molar-refractivity contribution in [3.8, 4) is 0 Å². The molecule has 2 rings (SSSR count). The molecule has 0 radical (unpaired) electrons. The van der Waals surface area contributed by atoms with Crippen molar-refractivity contribution in [2.75, 3.05) is 26.2 Å². The molecule has 0 saturated carbocycles. The van der Waals surface area contributed by atoms with E-state index in [2.05, 4.69) is 10.6 Å². The number of piperazine rings is 1. The molecule has 14 heavy (non-hydrogen) atoms. The van der Waals surface area contributed by atoms with E-state index in [-0.39, 0.29) is 30.9 Å². The Labute approximate surface area is 82.8 Å². The Morgan fingerprint density at radius 3 is 2.64 bits per heavy atom. The third kappa shape index (κ3) is 1.87. The summed E-state index contributed by atoms with van der Waals surface area (Å²) in [5.74, 6) is 0.0135. The van der Waals surface area contributed by atoms with Crippen LogP contribution in [0.3, 0.4) is 0 Å². The fraction of sp³-hybridized carbons (Fsp3) is 0.778. The van der Waals surface area contributed by atoms with Gasteiger partial charge in [-0.3, -0.25) is 9.59 Å². The zero-order valence-electron chi connectivity index (χ0n) is 8.08. The van der Waals surface area contributed by atoms with Crippen LogP contribution in [-0.4, -0.2) is 48.9 Å². The number of nitrogens with one attached hydrogen (secondary N) is 2. The fourth-order valence-electron chi connectivity index (χ4n) is 2.03. The average Bonchev–Trinajstić information content (AvgIpc) is 2.23. The third-order valence-electron chi connectivity index (χ3n) is 2.82. The topological polar surface area (TPSA) is 61.4 Å². The Bertz CT molecular complexity index is 248. The summed E-state index contributed by atoms with van der Waals surface area (Å²) < 4.78 is 0. The van der Waals surface area contributed by atoms with Crippen molar-refractivity contribution < 1.29 is 9.59 Å². The van der Waals surface area contributed by atoms with Crippen LogP contribution in [-0.2, 0) is 9.59 Å². The van der Waals surface area contributed by atoms with Crippen LogP contribution in [0.15, 0.2) is 0 Å². The van der Waals surface area contributed by atoms with Crippen LogP contribution in [0.2, 0.25) is 0 Å². The van der Waals surface area contributed by atoms with E-state index in [1.807, 2.05) is 0 Å². The number of carbonyl (C=O) groups excluding carboxylic acids is 2. The van der Waals surface area contributed by atoms with Gasteiger partial charge in [0.2, 0.25) is 11.8 Å². The second kappa shape index (κ2) is 3.96. The minimum absolute atomic E-state index is 0.0388. The molecule has 2 amide bonds. The van der Waals surface area contributed by atoms with Crippen LogP contribution in [0, 0.1) is 0 Å². The molecule has 0 spiro atoms. The van der Waals surface area contributed by atoms with Gasteiger partial charge in [0.15, 0.2) is 0 Å². The first kappa shape index (κ1) is 9.45. The second-order valence-electron chi connectivity index (χ2n) is 3.78. The van der Waals surface area contributed by atoms with E-state index in [1.54, 1.807) is 4.90 Å². The number of hydrogen-bond acceptors (Lipinski definition) is 3. The van der Waals surface area contributed by atoms with Gasteiger partial charge in [-0.15, -0.1) is 0 Å². The van der Waals surface area contributed by atoms with Gasteiger partial charge in [0.05, 0.1) is 13.1 Å². The van der Waals surface area contributed by atoms with Gasteiger partial charge < -0.3 is 15.5 Å². The Morgan fingerprint density at radius 1 is 1.21 bits per heavy atom. The van der Waals surface area contributed by atoms with Gasteiger partial charge >= 0.3 is 0 Å². The van der Waals surface area contributed by atoms with Gasteiger partial charge in [0.25, 0.3) is 0 Å². The molecule has 0 aromatic heterocycles. The largest absolute Gasteiger partial charge is 0.345 e. The van der Waals surface area contributed by atoms with E-state index < -0.39 is 0 Å². The Balaban J connectivity index is 1.99. The number of carbonyl (C=O) groups is 2. The molecule has 0 aromatic rings. The highest BCUT2D eigenvalue weighted by Crippen LogP contribution is 2.13. The molecule has 5 heteroatoms. The molecule has 2 aliphatic heterocycles. The second-order valence-corrected chi connectivity index (χ2v) is 3.78. The lowest BCUT2D eigenvalue weighted by atomic mass is 10.0. The number of rotatable bonds is 1. The van der Waals surface area contributed by atoms with E-state index in [4.69, 9.17) is 0 Å². The molecule has 2 saturated heterocycles. The van der Waals surface area contributed by atoms with Gasteiger partial charge in [0.1, 0.15) is 0 Å². The zero-order valence-corrected chi connectivity index (χ0v) is 8.08. The van der Waals surface area contributed by atoms with Gasteiger partial charge in [-0.05, 0) is 25.9 Å². The molecule has 78 valence electrons. The van der Waals surface area contributed by atoms with Gasteiger partial charge in [-0.2, -0.15) is 0 Å². The average molecular weight is 197 g/mol. The van der Waals surface area contributed by atoms with Crippen molar-refractivity contribution in [1.29, 1.82) is 0 Å². The fourth-order valence-corrected chi connectivity index (χ4v) is 2.03. The first-order valence-electron chi connectivity index (χ1n) is 5.04. The van der Waals surface area contributed by atoms with Crippen molar-refractivity contribution in [3.05, 3.63) is 0 Å². The maximum Gasteiger partial charge on any atom is 0.242 e. The number of piperidine rings is 1. The molecule has 0 atom stereocenters. The van der Waals surface area contributed by atoms with E-state index >= 15 is 0 Å². The Kier molecular flexibility index (Phi) is 2.67. The smallest absolute Gasteiger partial charge is 0.242 e. The normalized spacial score (nSPS) is 25.0. The summed E-state index contributed by atoms with van der Waals surface area (Å²) in [6.45, 7) is 2.29. The summed E-state index contributed by atoms with van der Waals surface area (Å²) in [4.78, 5) is 24.4. The minimum Gasteiger partial charge on any atom is -0.345 e. The first-order valence-corrected chi connectivity index (χ1v) is 5.04. The van der Waals surface area contributed by atoms with Crippen LogP contribution in [0.4, 0.5) is 0 Å². The van der Waals surface area contributed by atoms with Crippen molar-refractivity contribution in [2.24, 2.45) is 0 Å². The molecule has 0 unspecified atom stereocenters. The highest BCUT2D eigenvalue weighted by molar-refractivity contribution is 5.92. The number of amides is 2. The predicted octanol–water partition coefficient (Wildman–Crippen LogP) is -1.30. The maximum absolute atomic E-state index is 11.5. The molecule has 0 aromatic carbocycles. The van der Waals surface area contributed by atoms with E-state index in [9.17, 15) is 9.59 Å². The summed E-state index contributed by atoms with van der Waals surface area (Å²) >= 11 is 0. The minimum atomic E-state index is -0.0388. The third-order valence-corrected chi connectivity index (χ3v) is 2.82. The van der Waals surface area contributed by atoms with Crippen LogP contribution in [0.25, 0.3) is 0 Å². The molecule has 2 aliphatic rings. The van der Waals surface area contributed by atoms with Gasteiger partial charge in [0, 0.05) is 6.04 Å². The van der Waals surface area contributed by atoms with E-state index in [0.717, 1.165) is 25.9 Å². The highest BCUT2D eigenvalue weighted by Gasteiger charge is 2.30. The van der Waals surface area contributed by atoms with E-state index in [0.29, 0.717) is 0 Å². The van der Waals surface area contributed by atoms with Crippen molar-refractivity contribution in [1.82, 2.24) is 15.5 Å². The number of nitrogens with zero attached hydrogens (tertiary/aromatic N) is 1. The first-order chi connectivity index (χ1) is 6.77. The van der Waals surface area contributed by atoms with Gasteiger partial charge in [-0.1, -0.05) is 0 Å². The lowest BCUT2D eigenvalue weighted by Gasteiger charge is -2.36. The van der Waals surface area contributed by atoms with Crippen LogP contribution in [0.1, 0.15) is 12.8 Å². The molecule has 5 nitrogen and oxygen atoms in total. The monoisotopic (exact) mass is 197 g/mol. The molecule has 0 bridgehead atoms. The maximum atomic E-state index is 11.5. The summed E-state index contributed by atoms with van der Waals surface area (Å²) in [5, 5.41) is 5.80. The summed E-state index contributed by atoms with van der Waals surface area (Å²) in [7, 11) is 0. The molecule has 2 fully saturated rings. The Hall–Kier alpha value is -1.10. The van der Waals surface area contributed by atoms with Crippen LogP contribution >= 0.6 is 0 Å². The van der Waals surface area contributed by atoms with Gasteiger partial charge in [-0.25, -0.2) is 0 Å². The molecule has 0 aliphatic carbocycles. The van der Waals surface area contributed by atoms with E-state index in [1.165, 1.54) is 0 Å². The van der Waals surface area contributed by atoms with Crippen molar-refractivity contribution >= 4 is 11.8 Å². The predicted molar refractivity (Wildman–Crippen MR) is 50.6 cm³/mol. The summed E-state index contributed by atoms with van der Waals surface area (Å²) in [5.41, 5.74) is 0. The zero-order chi connectivity index (χ0) is 9.97. The summed E-state index contributed by atoms with van der Waals surface area (Å²) in [6, 6.07) is 0.259. The SMILES string of the molecule is O=C1CN(C2CCNCC2)C(=O)CN1. The van der Waals surface area contributed by atoms with Crippen molar-refractivity contribution in [3.63, 3.8) is 0 Å².